The molecule has 3 aromatic rings. The highest BCUT2D eigenvalue weighted by molar-refractivity contribution is 7.21. The maximum absolute atomic E-state index is 3.46. The minimum atomic E-state index is 1.32. The van der Waals surface area contributed by atoms with E-state index in [1.807, 2.05) is 22.7 Å². The molecule has 1 nitrogen and oxygen atoms in total. The van der Waals surface area contributed by atoms with Crippen molar-refractivity contribution in [2.24, 2.45) is 0 Å². The Hall–Kier alpha value is -0.800. The fourth-order valence-corrected chi connectivity index (χ4v) is 3.64. The molecule has 66 valence electrons. The van der Waals surface area contributed by atoms with Gasteiger partial charge in [0.1, 0.15) is 9.66 Å². The molecular formula is C10H9NS2. The molecule has 0 fully saturated rings. The highest BCUT2D eigenvalue weighted by atomic mass is 32.1. The van der Waals surface area contributed by atoms with E-state index in [1.54, 1.807) is 0 Å². The maximum atomic E-state index is 3.46. The Bertz CT molecular complexity index is 531. The highest BCUT2D eigenvalue weighted by Crippen LogP contribution is 2.35. The molecule has 3 aromatic heterocycles. The van der Waals surface area contributed by atoms with E-state index in [9.17, 15) is 0 Å². The van der Waals surface area contributed by atoms with E-state index in [0.717, 1.165) is 0 Å². The van der Waals surface area contributed by atoms with Gasteiger partial charge in [-0.1, -0.05) is 0 Å². The van der Waals surface area contributed by atoms with Gasteiger partial charge < -0.3 is 4.98 Å². The van der Waals surface area contributed by atoms with Crippen molar-refractivity contribution in [1.29, 1.82) is 0 Å². The summed E-state index contributed by atoms with van der Waals surface area (Å²) in [6.07, 6.45) is 0. The Morgan fingerprint density at radius 3 is 1.85 bits per heavy atom. The zero-order chi connectivity index (χ0) is 9.00. The topological polar surface area (TPSA) is 15.8 Å². The summed E-state index contributed by atoms with van der Waals surface area (Å²) in [6.45, 7) is 4.31. The number of hydrogen-bond donors (Lipinski definition) is 1. The highest BCUT2D eigenvalue weighted by Gasteiger charge is 2.08. The van der Waals surface area contributed by atoms with E-state index in [2.05, 4.69) is 31.0 Å². The van der Waals surface area contributed by atoms with Crippen LogP contribution >= 0.6 is 22.7 Å². The Morgan fingerprint density at radius 1 is 0.923 bits per heavy atom. The number of aromatic amines is 1. The zero-order valence-corrected chi connectivity index (χ0v) is 9.10. The third kappa shape index (κ3) is 0.974. The summed E-state index contributed by atoms with van der Waals surface area (Å²) in [5, 5.41) is 2.78. The van der Waals surface area contributed by atoms with Crippen LogP contribution in [0, 0.1) is 13.8 Å². The minimum Gasteiger partial charge on any atom is -0.338 e. The number of thiophene rings is 2. The minimum absolute atomic E-state index is 1.32. The summed E-state index contributed by atoms with van der Waals surface area (Å²) in [7, 11) is 0. The first-order chi connectivity index (χ1) is 6.24. The molecule has 0 radical (unpaired) electrons. The lowest BCUT2D eigenvalue weighted by atomic mass is 10.3. The predicted octanol–water partition coefficient (Wildman–Crippen LogP) is 4.06. The fraction of sp³-hybridized carbons (Fsp3) is 0.200. The number of nitrogens with one attached hydrogen (secondary N) is 1. The van der Waals surface area contributed by atoms with E-state index in [-0.39, 0.29) is 0 Å². The molecule has 0 bridgehead atoms. The molecule has 0 saturated carbocycles. The van der Waals surface area contributed by atoms with Crippen LogP contribution in [0.5, 0.6) is 0 Å². The van der Waals surface area contributed by atoms with E-state index in [1.165, 1.54) is 30.2 Å². The first-order valence-electron chi connectivity index (χ1n) is 4.22. The number of aromatic nitrogens is 1. The lowest BCUT2D eigenvalue weighted by molar-refractivity contribution is 1.64. The largest absolute Gasteiger partial charge is 0.338 e. The van der Waals surface area contributed by atoms with Crippen LogP contribution < -0.4 is 0 Å². The van der Waals surface area contributed by atoms with Crippen molar-refractivity contribution in [3.05, 3.63) is 21.9 Å². The van der Waals surface area contributed by atoms with Gasteiger partial charge >= 0.3 is 0 Å². The fourth-order valence-electron chi connectivity index (χ4n) is 1.72. The van der Waals surface area contributed by atoms with Gasteiger partial charge in [-0.25, -0.2) is 0 Å². The summed E-state index contributed by atoms with van der Waals surface area (Å²) < 4.78 is 0. The van der Waals surface area contributed by atoms with Crippen molar-refractivity contribution in [1.82, 2.24) is 4.98 Å². The summed E-state index contributed by atoms with van der Waals surface area (Å²) in [5.41, 5.74) is 0. The third-order valence-electron chi connectivity index (χ3n) is 2.23. The Balaban J connectivity index is 2.56. The predicted molar refractivity (Wildman–Crippen MR) is 61.0 cm³/mol. The third-order valence-corrected chi connectivity index (χ3v) is 4.16. The molecule has 0 atom stereocenters. The van der Waals surface area contributed by atoms with Crippen molar-refractivity contribution in [3.8, 4) is 0 Å². The van der Waals surface area contributed by atoms with Gasteiger partial charge in [-0.2, -0.15) is 0 Å². The Kier molecular flexibility index (Phi) is 1.38. The van der Waals surface area contributed by atoms with Crippen LogP contribution in [0.3, 0.4) is 0 Å². The van der Waals surface area contributed by atoms with Crippen molar-refractivity contribution >= 4 is 43.1 Å². The van der Waals surface area contributed by atoms with Crippen LogP contribution in [0.25, 0.3) is 20.4 Å². The molecule has 0 aliphatic carbocycles. The van der Waals surface area contributed by atoms with E-state index in [0.29, 0.717) is 0 Å². The van der Waals surface area contributed by atoms with Crippen molar-refractivity contribution in [2.75, 3.05) is 0 Å². The molecule has 13 heavy (non-hydrogen) atoms. The normalized spacial score (nSPS) is 11.8. The van der Waals surface area contributed by atoms with E-state index >= 15 is 0 Å². The molecule has 3 rings (SSSR count). The molecule has 0 aromatic carbocycles. The summed E-state index contributed by atoms with van der Waals surface area (Å²) in [6, 6.07) is 4.54. The number of hydrogen-bond acceptors (Lipinski definition) is 2. The van der Waals surface area contributed by atoms with E-state index < -0.39 is 0 Å². The number of rotatable bonds is 0. The smallest absolute Gasteiger partial charge is 0.102 e. The van der Waals surface area contributed by atoms with Gasteiger partial charge in [0.2, 0.25) is 0 Å². The second kappa shape index (κ2) is 2.36. The number of fused-ring (bicyclic) bond motifs is 3. The molecule has 1 N–H and O–H groups in total. The number of H-pyrrole nitrogens is 1. The zero-order valence-electron chi connectivity index (χ0n) is 7.47. The molecule has 3 heterocycles. The molecular weight excluding hydrogens is 198 g/mol. The van der Waals surface area contributed by atoms with Crippen LogP contribution in [0.4, 0.5) is 0 Å². The Morgan fingerprint density at radius 2 is 1.38 bits per heavy atom. The second-order valence-corrected chi connectivity index (χ2v) is 5.84. The first-order valence-corrected chi connectivity index (χ1v) is 5.85. The van der Waals surface area contributed by atoms with Crippen LogP contribution in [0.1, 0.15) is 9.75 Å². The van der Waals surface area contributed by atoms with E-state index in [4.69, 9.17) is 0 Å². The molecule has 3 heteroatoms. The van der Waals surface area contributed by atoms with Crippen molar-refractivity contribution in [3.63, 3.8) is 0 Å². The van der Waals surface area contributed by atoms with Gasteiger partial charge in [-0.05, 0) is 26.0 Å². The van der Waals surface area contributed by atoms with Gasteiger partial charge in [0, 0.05) is 20.5 Å². The average molecular weight is 207 g/mol. The average Bonchev–Trinajstić information content (AvgIpc) is 2.60. The quantitative estimate of drug-likeness (QED) is 0.572. The van der Waals surface area contributed by atoms with Gasteiger partial charge in [0.05, 0.1) is 0 Å². The summed E-state index contributed by atoms with van der Waals surface area (Å²) in [5.74, 6) is 0. The van der Waals surface area contributed by atoms with Gasteiger partial charge in [0.25, 0.3) is 0 Å². The lowest BCUT2D eigenvalue weighted by Gasteiger charge is -1.76. The molecule has 0 aliphatic rings. The molecule has 0 saturated heterocycles. The van der Waals surface area contributed by atoms with Gasteiger partial charge in [-0.15, -0.1) is 22.7 Å². The molecule has 0 amide bonds. The van der Waals surface area contributed by atoms with Crippen LogP contribution in [-0.2, 0) is 0 Å². The molecule has 0 spiro atoms. The second-order valence-electron chi connectivity index (χ2n) is 3.32. The molecule has 0 aliphatic heterocycles. The van der Waals surface area contributed by atoms with Crippen molar-refractivity contribution in [2.45, 2.75) is 13.8 Å². The van der Waals surface area contributed by atoms with Crippen LogP contribution in [0.15, 0.2) is 12.1 Å². The lowest BCUT2D eigenvalue weighted by Crippen LogP contribution is -1.53. The van der Waals surface area contributed by atoms with Crippen LogP contribution in [-0.4, -0.2) is 4.98 Å². The van der Waals surface area contributed by atoms with Gasteiger partial charge in [0.15, 0.2) is 0 Å². The SMILES string of the molecule is Cc1cc2c([nH]c3sc(C)cc32)s1. The monoisotopic (exact) mass is 207 g/mol. The standard InChI is InChI=1S/C10H9NS2/c1-5-3-7-8-4-6(2)13-10(8)11-9(7)12-5/h3-4,11H,1-2H3. The Labute approximate surface area is 84.0 Å². The summed E-state index contributed by atoms with van der Waals surface area (Å²) >= 11 is 3.68. The first kappa shape index (κ1) is 7.59. The number of aryl methyl sites for hydroxylation is 2. The van der Waals surface area contributed by atoms with Gasteiger partial charge in [-0.3, -0.25) is 0 Å². The molecule has 0 unspecified atom stereocenters. The van der Waals surface area contributed by atoms with Crippen molar-refractivity contribution < 1.29 is 0 Å². The summed E-state index contributed by atoms with van der Waals surface area (Å²) in [4.78, 5) is 8.86. The maximum Gasteiger partial charge on any atom is 0.102 e. The van der Waals surface area contributed by atoms with Crippen LogP contribution in [0.2, 0.25) is 0 Å².